The van der Waals surface area contributed by atoms with Crippen LogP contribution in [0.15, 0.2) is 48.5 Å². The van der Waals surface area contributed by atoms with Gasteiger partial charge in [-0.2, -0.15) is 0 Å². The minimum atomic E-state index is -0.964. The maximum absolute atomic E-state index is 13.0. The lowest BCUT2D eigenvalue weighted by Crippen LogP contribution is -2.55. The van der Waals surface area contributed by atoms with Crippen molar-refractivity contribution < 1.29 is 29.0 Å². The van der Waals surface area contributed by atoms with Crippen LogP contribution < -0.4 is 10.6 Å². The molecule has 0 unspecified atom stereocenters. The molecule has 3 aliphatic carbocycles. The number of amides is 2. The van der Waals surface area contributed by atoms with Gasteiger partial charge in [0.2, 0.25) is 5.91 Å². The third-order valence-corrected chi connectivity index (χ3v) is 7.92. The van der Waals surface area contributed by atoms with Crippen LogP contribution in [0.3, 0.4) is 0 Å². The van der Waals surface area contributed by atoms with E-state index in [-0.39, 0.29) is 24.5 Å². The molecule has 0 spiro atoms. The fraction of sp³-hybridized carbons (Fsp3) is 0.444. The van der Waals surface area contributed by atoms with E-state index in [9.17, 15) is 19.5 Å². The molecular weight excluding hydrogens is 448 g/mol. The molecule has 0 heterocycles. The second-order valence-electron chi connectivity index (χ2n) is 9.90. The molecule has 8 heteroatoms. The maximum atomic E-state index is 13.0. The van der Waals surface area contributed by atoms with E-state index in [1.165, 1.54) is 7.11 Å². The number of carboxylic acids is 1. The average molecular weight is 479 g/mol. The summed E-state index contributed by atoms with van der Waals surface area (Å²) in [4.78, 5) is 37.3. The summed E-state index contributed by atoms with van der Waals surface area (Å²) in [6.45, 7) is 1.83. The lowest BCUT2D eigenvalue weighted by molar-refractivity contribution is -0.144. The van der Waals surface area contributed by atoms with E-state index in [1.807, 2.05) is 36.4 Å². The monoisotopic (exact) mass is 478 g/mol. The molecule has 2 saturated carbocycles. The van der Waals surface area contributed by atoms with E-state index in [0.717, 1.165) is 22.3 Å². The fourth-order valence-electron chi connectivity index (χ4n) is 5.86. The first kappa shape index (κ1) is 23.4. The van der Waals surface area contributed by atoms with Gasteiger partial charge in [0.1, 0.15) is 12.6 Å². The number of carboxylic acid groups (broad SMARTS) is 1. The van der Waals surface area contributed by atoms with E-state index in [1.54, 1.807) is 6.92 Å². The SMILES string of the molecule is CO[C@H](C)[C@H](NC(=O)OCC1c2ccccc2-c2ccccc21)C(=O)N[C@@H]1C[C@H]2C[C@@]2(C(=O)O)C1. The number of hydrogen-bond acceptors (Lipinski definition) is 5. The van der Waals surface area contributed by atoms with Crippen molar-refractivity contribution in [2.75, 3.05) is 13.7 Å². The number of aliphatic carboxylic acids is 1. The van der Waals surface area contributed by atoms with Crippen molar-refractivity contribution in [2.45, 2.75) is 50.3 Å². The first-order chi connectivity index (χ1) is 16.8. The lowest BCUT2D eigenvalue weighted by Gasteiger charge is -2.26. The fourth-order valence-corrected chi connectivity index (χ4v) is 5.86. The minimum absolute atomic E-state index is 0.0855. The molecule has 3 aliphatic rings. The molecule has 0 saturated heterocycles. The van der Waals surface area contributed by atoms with Crippen LogP contribution in [0.5, 0.6) is 0 Å². The largest absolute Gasteiger partial charge is 0.481 e. The highest BCUT2D eigenvalue weighted by molar-refractivity contribution is 5.87. The molecule has 5 rings (SSSR count). The van der Waals surface area contributed by atoms with Crippen molar-refractivity contribution in [1.29, 1.82) is 0 Å². The molecule has 184 valence electrons. The summed E-state index contributed by atoms with van der Waals surface area (Å²) in [7, 11) is 1.47. The number of nitrogens with one attached hydrogen (secondary N) is 2. The van der Waals surface area contributed by atoms with Crippen LogP contribution in [0.2, 0.25) is 0 Å². The summed E-state index contributed by atoms with van der Waals surface area (Å²) in [6, 6.07) is 15.0. The molecule has 0 radical (unpaired) electrons. The topological polar surface area (TPSA) is 114 Å². The summed E-state index contributed by atoms with van der Waals surface area (Å²) in [5, 5.41) is 15.0. The third kappa shape index (κ3) is 4.16. The van der Waals surface area contributed by atoms with Gasteiger partial charge < -0.3 is 25.2 Å². The van der Waals surface area contributed by atoms with Crippen LogP contribution in [0.4, 0.5) is 4.79 Å². The van der Waals surface area contributed by atoms with E-state index < -0.39 is 35.5 Å². The third-order valence-electron chi connectivity index (χ3n) is 7.92. The van der Waals surface area contributed by atoms with Crippen LogP contribution in [0.1, 0.15) is 43.2 Å². The summed E-state index contributed by atoms with van der Waals surface area (Å²) < 4.78 is 10.9. The van der Waals surface area contributed by atoms with Crippen LogP contribution >= 0.6 is 0 Å². The highest BCUT2D eigenvalue weighted by atomic mass is 16.5. The molecule has 0 aromatic heterocycles. The average Bonchev–Trinajstić information content (AvgIpc) is 3.29. The van der Waals surface area contributed by atoms with Crippen LogP contribution in [0.25, 0.3) is 11.1 Å². The Morgan fingerprint density at radius 2 is 1.69 bits per heavy atom. The summed E-state index contributed by atoms with van der Waals surface area (Å²) in [6.07, 6.45) is 0.423. The molecule has 35 heavy (non-hydrogen) atoms. The molecule has 3 N–H and O–H groups in total. The zero-order valence-electron chi connectivity index (χ0n) is 19.8. The van der Waals surface area contributed by atoms with Crippen LogP contribution in [0, 0.1) is 11.3 Å². The molecule has 0 bridgehead atoms. The van der Waals surface area contributed by atoms with Crippen LogP contribution in [-0.2, 0) is 19.1 Å². The summed E-state index contributed by atoms with van der Waals surface area (Å²) in [5.74, 6) is -1.17. The standard InChI is InChI=1S/C27H30N2O6/c1-15(34-2)23(24(30)28-17-11-16-12-27(16,13-17)25(31)32)29-26(33)35-14-22-20-9-5-3-7-18(20)19-8-4-6-10-21(19)22/h3-10,15-17,22-23H,11-14H2,1-2H3,(H,28,30)(H,29,33)(H,31,32)/t15-,16+,17-,23+,27-/m1/s1. The van der Waals surface area contributed by atoms with E-state index in [0.29, 0.717) is 19.3 Å². The van der Waals surface area contributed by atoms with Gasteiger partial charge in [0.05, 0.1) is 11.5 Å². The number of alkyl carbamates (subject to hydrolysis) is 1. The Morgan fingerprint density at radius 1 is 1.06 bits per heavy atom. The molecule has 8 nitrogen and oxygen atoms in total. The molecule has 0 aliphatic heterocycles. The second kappa shape index (κ2) is 9.00. The Bertz CT molecular complexity index is 1120. The van der Waals surface area contributed by atoms with Crippen LogP contribution in [-0.4, -0.2) is 55.0 Å². The molecule has 2 fully saturated rings. The highest BCUT2D eigenvalue weighted by Gasteiger charge is 2.65. The normalized spacial score (nSPS) is 25.5. The van der Waals surface area contributed by atoms with Gasteiger partial charge in [-0.3, -0.25) is 9.59 Å². The second-order valence-corrected chi connectivity index (χ2v) is 9.90. The number of ether oxygens (including phenoxy) is 2. The Kier molecular flexibility index (Phi) is 6.01. The van der Waals surface area contributed by atoms with Gasteiger partial charge in [-0.1, -0.05) is 48.5 Å². The Hall–Kier alpha value is -3.39. The van der Waals surface area contributed by atoms with Crippen molar-refractivity contribution in [2.24, 2.45) is 11.3 Å². The predicted molar refractivity (Wildman–Crippen MR) is 128 cm³/mol. The highest BCUT2D eigenvalue weighted by Crippen LogP contribution is 2.63. The van der Waals surface area contributed by atoms with E-state index in [2.05, 4.69) is 22.8 Å². The number of fused-ring (bicyclic) bond motifs is 4. The summed E-state index contributed by atoms with van der Waals surface area (Å²) >= 11 is 0. The number of carbonyl (C=O) groups is 3. The number of benzene rings is 2. The number of carbonyl (C=O) groups excluding carboxylic acids is 2. The quantitative estimate of drug-likeness (QED) is 0.537. The predicted octanol–water partition coefficient (Wildman–Crippen LogP) is 3.30. The minimum Gasteiger partial charge on any atom is -0.481 e. The van der Waals surface area contributed by atoms with Gasteiger partial charge in [-0.05, 0) is 54.4 Å². The number of methoxy groups -OCH3 is 1. The zero-order chi connectivity index (χ0) is 24.7. The van der Waals surface area contributed by atoms with E-state index >= 15 is 0 Å². The van der Waals surface area contributed by atoms with Crippen molar-refractivity contribution in [1.82, 2.24) is 10.6 Å². The van der Waals surface area contributed by atoms with Crippen molar-refractivity contribution >= 4 is 18.0 Å². The Labute approximate surface area is 204 Å². The molecule has 2 aromatic rings. The van der Waals surface area contributed by atoms with E-state index in [4.69, 9.17) is 9.47 Å². The molecule has 2 aromatic carbocycles. The van der Waals surface area contributed by atoms with Gasteiger partial charge in [0.25, 0.3) is 0 Å². The first-order valence-electron chi connectivity index (χ1n) is 12.0. The smallest absolute Gasteiger partial charge is 0.407 e. The molecule has 5 atom stereocenters. The number of rotatable bonds is 8. The van der Waals surface area contributed by atoms with Gasteiger partial charge in [0, 0.05) is 19.1 Å². The van der Waals surface area contributed by atoms with Crippen molar-refractivity contribution in [3.8, 4) is 11.1 Å². The van der Waals surface area contributed by atoms with Crippen molar-refractivity contribution in [3.63, 3.8) is 0 Å². The molecule has 2 amide bonds. The summed E-state index contributed by atoms with van der Waals surface area (Å²) in [5.41, 5.74) is 3.79. The molecular formula is C27H30N2O6. The zero-order valence-corrected chi connectivity index (χ0v) is 19.8. The Balaban J connectivity index is 1.21. The van der Waals surface area contributed by atoms with Crippen molar-refractivity contribution in [3.05, 3.63) is 59.7 Å². The maximum Gasteiger partial charge on any atom is 0.407 e. The van der Waals surface area contributed by atoms with Gasteiger partial charge in [0.15, 0.2) is 0 Å². The first-order valence-corrected chi connectivity index (χ1v) is 12.0. The van der Waals surface area contributed by atoms with Gasteiger partial charge in [-0.25, -0.2) is 4.79 Å². The van der Waals surface area contributed by atoms with Gasteiger partial charge in [-0.15, -0.1) is 0 Å². The Morgan fingerprint density at radius 3 is 2.26 bits per heavy atom. The lowest BCUT2D eigenvalue weighted by atomic mass is 9.98. The van der Waals surface area contributed by atoms with Gasteiger partial charge >= 0.3 is 12.1 Å². The number of hydrogen-bond donors (Lipinski definition) is 3.